The Morgan fingerprint density at radius 1 is 1.10 bits per heavy atom. The summed E-state index contributed by atoms with van der Waals surface area (Å²) in [5, 5.41) is 0. The third-order valence-corrected chi connectivity index (χ3v) is 3.73. The summed E-state index contributed by atoms with van der Waals surface area (Å²) < 4.78 is 10.4. The Labute approximate surface area is 122 Å². The summed E-state index contributed by atoms with van der Waals surface area (Å²) in [7, 11) is 0. The zero-order chi connectivity index (χ0) is 14.8. The molecule has 0 aliphatic rings. The van der Waals surface area contributed by atoms with Crippen LogP contribution in [-0.4, -0.2) is 12.6 Å². The van der Waals surface area contributed by atoms with E-state index < -0.39 is 0 Å². The molecule has 0 spiro atoms. The highest BCUT2D eigenvalue weighted by molar-refractivity contribution is 5.69. The average Bonchev–Trinajstić information content (AvgIpc) is 2.74. The van der Waals surface area contributed by atoms with Gasteiger partial charge in [0.05, 0.1) is 12.9 Å². The molecule has 0 saturated heterocycles. The van der Waals surface area contributed by atoms with Gasteiger partial charge in [-0.15, -0.1) is 0 Å². The van der Waals surface area contributed by atoms with Gasteiger partial charge in [0, 0.05) is 12.8 Å². The summed E-state index contributed by atoms with van der Waals surface area (Å²) in [6.45, 7) is 6.56. The van der Waals surface area contributed by atoms with Crippen LogP contribution in [0.3, 0.4) is 0 Å². The normalized spacial score (nSPS) is 10.8. The molecule has 1 aromatic rings. The van der Waals surface area contributed by atoms with E-state index in [4.69, 9.17) is 9.15 Å². The third-order valence-electron chi connectivity index (χ3n) is 3.73. The summed E-state index contributed by atoms with van der Waals surface area (Å²) in [6.07, 6.45) is 10.4. The minimum atomic E-state index is -0.0591. The monoisotopic (exact) mass is 280 g/mol. The second-order valence-corrected chi connectivity index (χ2v) is 5.39. The van der Waals surface area contributed by atoms with E-state index in [1.807, 2.05) is 13.2 Å². The van der Waals surface area contributed by atoms with Gasteiger partial charge in [0.25, 0.3) is 0 Å². The fraction of sp³-hybridized carbons (Fsp3) is 0.706. The van der Waals surface area contributed by atoms with Crippen molar-refractivity contribution < 1.29 is 13.9 Å². The van der Waals surface area contributed by atoms with Crippen molar-refractivity contribution in [2.75, 3.05) is 6.61 Å². The molecule has 0 aromatic carbocycles. The van der Waals surface area contributed by atoms with Crippen molar-refractivity contribution in [3.05, 3.63) is 23.2 Å². The molecule has 0 aliphatic heterocycles. The molecule has 3 nitrogen and oxygen atoms in total. The molecule has 1 rings (SSSR count). The highest BCUT2D eigenvalue weighted by atomic mass is 16.5. The van der Waals surface area contributed by atoms with Crippen LogP contribution < -0.4 is 0 Å². The fourth-order valence-corrected chi connectivity index (χ4v) is 2.30. The second-order valence-electron chi connectivity index (χ2n) is 5.39. The first-order valence-corrected chi connectivity index (χ1v) is 7.84. The minimum Gasteiger partial charge on any atom is -0.469 e. The van der Waals surface area contributed by atoms with Gasteiger partial charge in [-0.2, -0.15) is 0 Å². The first-order chi connectivity index (χ1) is 9.65. The van der Waals surface area contributed by atoms with Crippen LogP contribution in [0.2, 0.25) is 0 Å². The predicted molar refractivity (Wildman–Crippen MR) is 80.8 cm³/mol. The smallest absolute Gasteiger partial charge is 0.305 e. The predicted octanol–water partition coefficient (Wildman–Crippen LogP) is 4.73. The van der Waals surface area contributed by atoms with E-state index in [0.717, 1.165) is 25.0 Å². The summed E-state index contributed by atoms with van der Waals surface area (Å²) in [6, 6.07) is 0. The Hall–Kier alpha value is -1.25. The number of esters is 1. The van der Waals surface area contributed by atoms with Crippen LogP contribution in [-0.2, 0) is 16.0 Å². The Balaban J connectivity index is 1.95. The van der Waals surface area contributed by atoms with Crippen molar-refractivity contribution in [2.24, 2.45) is 0 Å². The van der Waals surface area contributed by atoms with Crippen LogP contribution in [0.15, 0.2) is 10.7 Å². The van der Waals surface area contributed by atoms with E-state index in [1.54, 1.807) is 0 Å². The van der Waals surface area contributed by atoms with Gasteiger partial charge in [0.15, 0.2) is 0 Å². The molecule has 0 saturated carbocycles. The minimum absolute atomic E-state index is 0.0591. The van der Waals surface area contributed by atoms with Crippen molar-refractivity contribution in [2.45, 2.75) is 72.1 Å². The van der Waals surface area contributed by atoms with E-state index in [1.165, 1.54) is 36.8 Å². The van der Waals surface area contributed by atoms with Crippen LogP contribution in [0.25, 0.3) is 0 Å². The number of furan rings is 1. The Bertz CT molecular complexity index is 393. The Kier molecular flexibility index (Phi) is 8.08. The van der Waals surface area contributed by atoms with E-state index in [-0.39, 0.29) is 5.97 Å². The van der Waals surface area contributed by atoms with Crippen molar-refractivity contribution in [3.63, 3.8) is 0 Å². The second kappa shape index (κ2) is 9.62. The molecular weight excluding hydrogens is 252 g/mol. The van der Waals surface area contributed by atoms with Gasteiger partial charge in [0.2, 0.25) is 0 Å². The van der Waals surface area contributed by atoms with Gasteiger partial charge in [-0.05, 0) is 44.7 Å². The number of hydrogen-bond donors (Lipinski definition) is 0. The van der Waals surface area contributed by atoms with Gasteiger partial charge in [-0.25, -0.2) is 0 Å². The number of aryl methyl sites for hydroxylation is 2. The molecule has 0 radical (unpaired) electrons. The molecule has 3 heteroatoms. The molecule has 20 heavy (non-hydrogen) atoms. The molecule has 114 valence electrons. The third kappa shape index (κ3) is 6.27. The van der Waals surface area contributed by atoms with Gasteiger partial charge >= 0.3 is 5.97 Å². The van der Waals surface area contributed by atoms with Gasteiger partial charge < -0.3 is 9.15 Å². The maximum atomic E-state index is 11.1. The fourth-order valence-electron chi connectivity index (χ4n) is 2.30. The van der Waals surface area contributed by atoms with Crippen molar-refractivity contribution in [1.82, 2.24) is 0 Å². The molecule has 0 unspecified atom stereocenters. The lowest BCUT2D eigenvalue weighted by Crippen LogP contribution is -2.03. The molecule has 0 bridgehead atoms. The quantitative estimate of drug-likeness (QED) is 0.459. The van der Waals surface area contributed by atoms with Crippen molar-refractivity contribution >= 4 is 5.97 Å². The standard InChI is InChI=1S/C17H28O3/c1-4-19-17(18)12-10-8-6-5-7-9-11-16-15(3)14(2)13-20-16/h13H,4-12H2,1-3H3. The van der Waals surface area contributed by atoms with Crippen molar-refractivity contribution in [3.8, 4) is 0 Å². The van der Waals surface area contributed by atoms with Crippen LogP contribution >= 0.6 is 0 Å². The van der Waals surface area contributed by atoms with E-state index in [2.05, 4.69) is 13.8 Å². The lowest BCUT2D eigenvalue weighted by atomic mass is 10.1. The molecular formula is C17H28O3. The zero-order valence-electron chi connectivity index (χ0n) is 13.2. The average molecular weight is 280 g/mol. The number of hydrogen-bond acceptors (Lipinski definition) is 3. The maximum Gasteiger partial charge on any atom is 0.305 e. The molecule has 1 heterocycles. The highest BCUT2D eigenvalue weighted by Gasteiger charge is 2.05. The Morgan fingerprint density at radius 2 is 1.75 bits per heavy atom. The molecule has 0 fully saturated rings. The maximum absolute atomic E-state index is 11.1. The zero-order valence-corrected chi connectivity index (χ0v) is 13.2. The summed E-state index contributed by atoms with van der Waals surface area (Å²) in [5.41, 5.74) is 2.55. The molecule has 0 atom stereocenters. The van der Waals surface area contributed by atoms with Crippen LogP contribution in [0, 0.1) is 13.8 Å². The van der Waals surface area contributed by atoms with Crippen LogP contribution in [0.1, 0.15) is 68.8 Å². The summed E-state index contributed by atoms with van der Waals surface area (Å²) >= 11 is 0. The molecule has 0 amide bonds. The molecule has 1 aromatic heterocycles. The lowest BCUT2D eigenvalue weighted by molar-refractivity contribution is -0.143. The number of carbonyl (C=O) groups excluding carboxylic acids is 1. The van der Waals surface area contributed by atoms with Gasteiger partial charge in [-0.3, -0.25) is 4.79 Å². The number of unbranched alkanes of at least 4 members (excludes halogenated alkanes) is 5. The summed E-state index contributed by atoms with van der Waals surface area (Å²) in [5.74, 6) is 1.08. The van der Waals surface area contributed by atoms with Crippen LogP contribution in [0.4, 0.5) is 0 Å². The number of ether oxygens (including phenoxy) is 1. The molecule has 0 aliphatic carbocycles. The van der Waals surface area contributed by atoms with E-state index >= 15 is 0 Å². The molecule has 0 N–H and O–H groups in total. The first kappa shape index (κ1) is 16.8. The highest BCUT2D eigenvalue weighted by Crippen LogP contribution is 2.18. The first-order valence-electron chi connectivity index (χ1n) is 7.84. The van der Waals surface area contributed by atoms with Gasteiger partial charge in [0.1, 0.15) is 5.76 Å². The lowest BCUT2D eigenvalue weighted by Gasteiger charge is -2.03. The SMILES string of the molecule is CCOC(=O)CCCCCCCCc1occ(C)c1C. The van der Waals surface area contributed by atoms with E-state index in [9.17, 15) is 4.79 Å². The van der Waals surface area contributed by atoms with Crippen molar-refractivity contribution in [1.29, 1.82) is 0 Å². The largest absolute Gasteiger partial charge is 0.469 e. The topological polar surface area (TPSA) is 39.4 Å². The Morgan fingerprint density at radius 3 is 2.35 bits per heavy atom. The summed E-state index contributed by atoms with van der Waals surface area (Å²) in [4.78, 5) is 11.1. The van der Waals surface area contributed by atoms with Gasteiger partial charge in [-0.1, -0.05) is 25.7 Å². The number of rotatable bonds is 10. The van der Waals surface area contributed by atoms with E-state index in [0.29, 0.717) is 13.0 Å². The van der Waals surface area contributed by atoms with Crippen LogP contribution in [0.5, 0.6) is 0 Å². The number of carbonyl (C=O) groups is 1.